The lowest BCUT2D eigenvalue weighted by atomic mass is 10.1. The van der Waals surface area contributed by atoms with Gasteiger partial charge in [-0.25, -0.2) is 4.79 Å². The lowest BCUT2D eigenvalue weighted by Crippen LogP contribution is -2.10. The molecule has 0 saturated heterocycles. The van der Waals surface area contributed by atoms with Gasteiger partial charge in [0.05, 0.1) is 21.3 Å². The highest BCUT2D eigenvalue weighted by atomic mass is 16.6. The summed E-state index contributed by atoms with van der Waals surface area (Å²) in [4.78, 5) is 11.9. The molecule has 0 bridgehead atoms. The Morgan fingerprint density at radius 2 is 1.56 bits per heavy atom. The Hall–Kier alpha value is -3.15. The second-order valence-corrected chi connectivity index (χ2v) is 5.56. The van der Waals surface area contributed by atoms with Crippen molar-refractivity contribution in [3.05, 3.63) is 53.6 Å². The lowest BCUT2D eigenvalue weighted by molar-refractivity contribution is -0.138. The van der Waals surface area contributed by atoms with Crippen molar-refractivity contribution in [1.82, 2.24) is 0 Å². The standard InChI is InChI=1S/C21H24O6/c1-15-7-5-6-8-17(15)26-11-12-27-21(22)10-9-16-13-19(24-3)20(25-4)14-18(16)23-2/h5-10,13-14H,11-12H2,1-4H3/b10-9+. The molecule has 0 amide bonds. The first kappa shape index (κ1) is 20.2. The summed E-state index contributed by atoms with van der Waals surface area (Å²) in [6.45, 7) is 2.39. The molecule has 6 nitrogen and oxygen atoms in total. The molecule has 0 aliphatic rings. The van der Waals surface area contributed by atoms with E-state index in [0.29, 0.717) is 22.8 Å². The molecule has 0 N–H and O–H groups in total. The van der Waals surface area contributed by atoms with Crippen LogP contribution in [0.15, 0.2) is 42.5 Å². The predicted octanol–water partition coefficient (Wildman–Crippen LogP) is 3.66. The van der Waals surface area contributed by atoms with Crippen molar-refractivity contribution in [2.45, 2.75) is 6.92 Å². The molecule has 0 aliphatic carbocycles. The molecule has 0 unspecified atom stereocenters. The third-order valence-electron chi connectivity index (χ3n) is 3.81. The Morgan fingerprint density at radius 1 is 0.889 bits per heavy atom. The minimum absolute atomic E-state index is 0.153. The molecule has 2 aromatic carbocycles. The van der Waals surface area contributed by atoms with Gasteiger partial charge in [-0.05, 0) is 30.7 Å². The zero-order valence-corrected chi connectivity index (χ0v) is 16.0. The van der Waals surface area contributed by atoms with Crippen molar-refractivity contribution in [2.24, 2.45) is 0 Å². The maximum absolute atomic E-state index is 11.9. The lowest BCUT2D eigenvalue weighted by Gasteiger charge is -2.12. The van der Waals surface area contributed by atoms with Crippen LogP contribution in [0.1, 0.15) is 11.1 Å². The summed E-state index contributed by atoms with van der Waals surface area (Å²) in [5.74, 6) is 1.94. The highest BCUT2D eigenvalue weighted by Crippen LogP contribution is 2.35. The van der Waals surface area contributed by atoms with Gasteiger partial charge in [0.15, 0.2) is 11.5 Å². The molecule has 6 heteroatoms. The number of carbonyl (C=O) groups excluding carboxylic acids is 1. The average molecular weight is 372 g/mol. The van der Waals surface area contributed by atoms with Gasteiger partial charge in [-0.1, -0.05) is 18.2 Å². The number of ether oxygens (including phenoxy) is 5. The smallest absolute Gasteiger partial charge is 0.330 e. The van der Waals surface area contributed by atoms with E-state index in [-0.39, 0.29) is 13.2 Å². The number of rotatable bonds is 9. The molecule has 0 aromatic heterocycles. The molecular weight excluding hydrogens is 348 g/mol. The van der Waals surface area contributed by atoms with E-state index < -0.39 is 5.97 Å². The van der Waals surface area contributed by atoms with Crippen molar-refractivity contribution in [3.63, 3.8) is 0 Å². The number of esters is 1. The van der Waals surface area contributed by atoms with E-state index >= 15 is 0 Å². The molecule has 27 heavy (non-hydrogen) atoms. The summed E-state index contributed by atoms with van der Waals surface area (Å²) in [5, 5.41) is 0. The van der Waals surface area contributed by atoms with Crippen molar-refractivity contribution < 1.29 is 28.5 Å². The Labute approximate surface area is 159 Å². The molecule has 0 saturated carbocycles. The number of hydrogen-bond donors (Lipinski definition) is 0. The van der Waals surface area contributed by atoms with Gasteiger partial charge in [0.2, 0.25) is 0 Å². The normalized spacial score (nSPS) is 10.5. The molecular formula is C21H24O6. The monoisotopic (exact) mass is 372 g/mol. The fourth-order valence-corrected chi connectivity index (χ4v) is 2.40. The van der Waals surface area contributed by atoms with Crippen LogP contribution in [-0.2, 0) is 9.53 Å². The summed E-state index contributed by atoms with van der Waals surface area (Å²) >= 11 is 0. The van der Waals surface area contributed by atoms with Crippen LogP contribution < -0.4 is 18.9 Å². The highest BCUT2D eigenvalue weighted by Gasteiger charge is 2.10. The zero-order valence-electron chi connectivity index (χ0n) is 16.0. The summed E-state index contributed by atoms with van der Waals surface area (Å²) in [7, 11) is 4.63. The molecule has 0 fully saturated rings. The van der Waals surface area contributed by atoms with Crippen LogP contribution in [0.3, 0.4) is 0 Å². The third-order valence-corrected chi connectivity index (χ3v) is 3.81. The van der Waals surface area contributed by atoms with E-state index in [9.17, 15) is 4.79 Å². The third kappa shape index (κ3) is 5.67. The van der Waals surface area contributed by atoms with Gasteiger partial charge in [0, 0.05) is 17.7 Å². The van der Waals surface area contributed by atoms with Crippen molar-refractivity contribution in [2.75, 3.05) is 34.5 Å². The van der Waals surface area contributed by atoms with E-state index in [1.807, 2.05) is 31.2 Å². The van der Waals surface area contributed by atoms with Gasteiger partial charge in [-0.3, -0.25) is 0 Å². The van der Waals surface area contributed by atoms with Crippen LogP contribution >= 0.6 is 0 Å². The highest BCUT2D eigenvalue weighted by molar-refractivity contribution is 5.87. The molecule has 2 rings (SSSR count). The maximum Gasteiger partial charge on any atom is 0.330 e. The quantitative estimate of drug-likeness (QED) is 0.380. The number of methoxy groups -OCH3 is 3. The van der Waals surface area contributed by atoms with Crippen LogP contribution in [0.2, 0.25) is 0 Å². The number of aryl methyl sites for hydroxylation is 1. The minimum atomic E-state index is -0.472. The predicted molar refractivity (Wildman–Crippen MR) is 103 cm³/mol. The Kier molecular flexibility index (Phi) is 7.55. The molecule has 0 atom stereocenters. The average Bonchev–Trinajstić information content (AvgIpc) is 2.70. The largest absolute Gasteiger partial charge is 0.496 e. The molecule has 0 radical (unpaired) electrons. The SMILES string of the molecule is COc1cc(OC)c(OC)cc1/C=C/C(=O)OCCOc1ccccc1C. The second kappa shape index (κ2) is 10.1. The first-order valence-electron chi connectivity index (χ1n) is 8.42. The second-order valence-electron chi connectivity index (χ2n) is 5.56. The molecule has 0 spiro atoms. The molecule has 0 heterocycles. The van der Waals surface area contributed by atoms with Gasteiger partial charge in [-0.2, -0.15) is 0 Å². The molecule has 2 aromatic rings. The van der Waals surface area contributed by atoms with Crippen LogP contribution in [0.5, 0.6) is 23.0 Å². The van der Waals surface area contributed by atoms with E-state index in [2.05, 4.69) is 0 Å². The number of benzene rings is 2. The Morgan fingerprint density at radius 3 is 2.22 bits per heavy atom. The number of hydrogen-bond acceptors (Lipinski definition) is 6. The van der Waals surface area contributed by atoms with Crippen LogP contribution in [0.4, 0.5) is 0 Å². The fraction of sp³-hybridized carbons (Fsp3) is 0.286. The summed E-state index contributed by atoms with van der Waals surface area (Å²) < 4.78 is 26.6. The van der Waals surface area contributed by atoms with Crippen LogP contribution in [-0.4, -0.2) is 40.5 Å². The van der Waals surface area contributed by atoms with Gasteiger partial charge in [0.1, 0.15) is 24.7 Å². The van der Waals surface area contributed by atoms with E-state index in [4.69, 9.17) is 23.7 Å². The maximum atomic E-state index is 11.9. The van der Waals surface area contributed by atoms with Crippen molar-refractivity contribution >= 4 is 12.0 Å². The molecule has 144 valence electrons. The summed E-state index contributed by atoms with van der Waals surface area (Å²) in [6.07, 6.45) is 2.93. The minimum Gasteiger partial charge on any atom is -0.496 e. The van der Waals surface area contributed by atoms with E-state index in [0.717, 1.165) is 11.3 Å². The van der Waals surface area contributed by atoms with Crippen LogP contribution in [0, 0.1) is 6.92 Å². The van der Waals surface area contributed by atoms with Gasteiger partial charge in [0.25, 0.3) is 0 Å². The first-order valence-corrected chi connectivity index (χ1v) is 8.42. The summed E-state index contributed by atoms with van der Waals surface area (Å²) in [6, 6.07) is 11.1. The van der Waals surface area contributed by atoms with Gasteiger partial charge >= 0.3 is 5.97 Å². The van der Waals surface area contributed by atoms with Crippen molar-refractivity contribution in [1.29, 1.82) is 0 Å². The number of carbonyl (C=O) groups is 1. The fourth-order valence-electron chi connectivity index (χ4n) is 2.40. The Balaban J connectivity index is 1.91. The summed E-state index contributed by atoms with van der Waals surface area (Å²) in [5.41, 5.74) is 1.70. The number of para-hydroxylation sites is 1. The topological polar surface area (TPSA) is 63.2 Å². The zero-order chi connectivity index (χ0) is 19.6. The van der Waals surface area contributed by atoms with Gasteiger partial charge in [-0.15, -0.1) is 0 Å². The first-order chi connectivity index (χ1) is 13.1. The van der Waals surface area contributed by atoms with E-state index in [1.165, 1.54) is 6.08 Å². The van der Waals surface area contributed by atoms with Crippen LogP contribution in [0.25, 0.3) is 6.08 Å². The Bertz CT molecular complexity index is 797. The van der Waals surface area contributed by atoms with Crippen molar-refractivity contribution in [3.8, 4) is 23.0 Å². The molecule has 0 aliphatic heterocycles. The van der Waals surface area contributed by atoms with Gasteiger partial charge < -0.3 is 23.7 Å². The van der Waals surface area contributed by atoms with E-state index in [1.54, 1.807) is 39.5 Å².